The van der Waals surface area contributed by atoms with Gasteiger partial charge < -0.3 is 18.8 Å². The van der Waals surface area contributed by atoms with Crippen molar-refractivity contribution in [1.29, 1.82) is 5.26 Å². The summed E-state index contributed by atoms with van der Waals surface area (Å²) in [6.45, 7) is 2.75. The van der Waals surface area contributed by atoms with E-state index in [1.165, 1.54) is 6.08 Å². The second-order valence-corrected chi connectivity index (χ2v) is 5.14. The lowest BCUT2D eigenvalue weighted by atomic mass is 10.2. The molecule has 0 spiro atoms. The number of aromatic nitrogens is 1. The summed E-state index contributed by atoms with van der Waals surface area (Å²) in [4.78, 5) is 11.7. The van der Waals surface area contributed by atoms with Crippen LogP contribution in [0.1, 0.15) is 18.2 Å². The third kappa shape index (κ3) is 3.25. The van der Waals surface area contributed by atoms with Crippen LogP contribution in [0.3, 0.4) is 0 Å². The molecule has 0 bridgehead atoms. The molecule has 24 heavy (non-hydrogen) atoms. The number of benzene rings is 1. The summed E-state index contributed by atoms with van der Waals surface area (Å²) in [6, 6.07) is 11.3. The lowest BCUT2D eigenvalue weighted by molar-refractivity contribution is -0.137. The molecule has 0 radical (unpaired) electrons. The zero-order valence-corrected chi connectivity index (χ0v) is 13.2. The smallest absolute Gasteiger partial charge is 0.348 e. The van der Waals surface area contributed by atoms with Crippen LogP contribution in [0.4, 0.5) is 0 Å². The first-order chi connectivity index (χ1) is 11.7. The number of hydrogen-bond donors (Lipinski definition) is 0. The first-order valence-electron chi connectivity index (χ1n) is 7.54. The van der Waals surface area contributed by atoms with Crippen molar-refractivity contribution in [3.8, 4) is 17.6 Å². The van der Waals surface area contributed by atoms with E-state index in [1.807, 2.05) is 47.2 Å². The second kappa shape index (κ2) is 6.92. The molecule has 1 aromatic carbocycles. The number of carbonyl (C=O) groups excluding carboxylic acids is 1. The summed E-state index contributed by atoms with van der Waals surface area (Å²) in [6.07, 6.45) is 3.42. The van der Waals surface area contributed by atoms with Crippen LogP contribution in [-0.2, 0) is 16.1 Å². The average Bonchev–Trinajstić information content (AvgIpc) is 3.21. The van der Waals surface area contributed by atoms with Gasteiger partial charge in [-0.05, 0) is 42.8 Å². The molecule has 0 fully saturated rings. The number of carbonyl (C=O) groups is 1. The summed E-state index contributed by atoms with van der Waals surface area (Å²) >= 11 is 0. The Morgan fingerprint density at radius 3 is 3.00 bits per heavy atom. The van der Waals surface area contributed by atoms with E-state index in [1.54, 1.807) is 6.92 Å². The van der Waals surface area contributed by atoms with Crippen molar-refractivity contribution in [2.75, 3.05) is 13.4 Å². The molecule has 1 aliphatic heterocycles. The normalized spacial score (nSPS) is 12.8. The Balaban J connectivity index is 1.83. The third-order valence-corrected chi connectivity index (χ3v) is 3.56. The lowest BCUT2D eigenvalue weighted by Gasteiger charge is -2.08. The molecule has 0 amide bonds. The summed E-state index contributed by atoms with van der Waals surface area (Å²) in [5.74, 6) is 0.845. The molecule has 2 aromatic rings. The predicted molar refractivity (Wildman–Crippen MR) is 86.3 cm³/mol. The Kier molecular flexibility index (Phi) is 4.52. The van der Waals surface area contributed by atoms with E-state index in [2.05, 4.69) is 0 Å². The minimum absolute atomic E-state index is 0.0255. The minimum Gasteiger partial charge on any atom is -0.462 e. The van der Waals surface area contributed by atoms with E-state index in [4.69, 9.17) is 19.5 Å². The molecule has 0 N–H and O–H groups in total. The van der Waals surface area contributed by atoms with Gasteiger partial charge in [0.05, 0.1) is 6.61 Å². The maximum Gasteiger partial charge on any atom is 0.348 e. The van der Waals surface area contributed by atoms with Gasteiger partial charge in [-0.1, -0.05) is 6.07 Å². The van der Waals surface area contributed by atoms with E-state index in [0.29, 0.717) is 6.54 Å². The van der Waals surface area contributed by atoms with Crippen molar-refractivity contribution in [3.05, 3.63) is 53.4 Å². The van der Waals surface area contributed by atoms with Crippen molar-refractivity contribution < 1.29 is 19.0 Å². The van der Waals surface area contributed by atoms with Crippen molar-refractivity contribution in [2.45, 2.75) is 13.5 Å². The van der Waals surface area contributed by atoms with Crippen molar-refractivity contribution >= 4 is 12.0 Å². The number of esters is 1. The second-order valence-electron chi connectivity index (χ2n) is 5.14. The minimum atomic E-state index is -0.615. The summed E-state index contributed by atoms with van der Waals surface area (Å²) in [5, 5.41) is 9.15. The van der Waals surface area contributed by atoms with Gasteiger partial charge >= 0.3 is 5.97 Å². The molecule has 6 heteroatoms. The number of ether oxygens (including phenoxy) is 3. The SMILES string of the molecule is CCOC(=O)/C(C#N)=C/c1cccn1Cc1ccc2c(c1)OCO2. The molecule has 0 saturated heterocycles. The first kappa shape index (κ1) is 15.7. The Morgan fingerprint density at radius 2 is 2.21 bits per heavy atom. The van der Waals surface area contributed by atoms with Crippen molar-refractivity contribution in [1.82, 2.24) is 4.57 Å². The molecule has 122 valence electrons. The molecule has 0 unspecified atom stereocenters. The molecule has 0 saturated carbocycles. The molecule has 6 nitrogen and oxygen atoms in total. The molecule has 2 heterocycles. The van der Waals surface area contributed by atoms with Crippen LogP contribution in [0, 0.1) is 11.3 Å². The van der Waals surface area contributed by atoms with E-state index >= 15 is 0 Å². The fraction of sp³-hybridized carbons (Fsp3) is 0.222. The van der Waals surface area contributed by atoms with E-state index in [9.17, 15) is 4.79 Å². The highest BCUT2D eigenvalue weighted by atomic mass is 16.7. The summed E-state index contributed by atoms with van der Waals surface area (Å²) in [7, 11) is 0. The molecule has 0 atom stereocenters. The van der Waals surface area contributed by atoms with Gasteiger partial charge in [0.2, 0.25) is 6.79 Å². The molecule has 3 rings (SSSR count). The fourth-order valence-electron chi connectivity index (χ4n) is 2.43. The van der Waals surface area contributed by atoms with Crippen LogP contribution in [0.5, 0.6) is 11.5 Å². The van der Waals surface area contributed by atoms with Crippen LogP contribution in [-0.4, -0.2) is 23.9 Å². The largest absolute Gasteiger partial charge is 0.462 e. The van der Waals surface area contributed by atoms with Crippen LogP contribution >= 0.6 is 0 Å². The highest BCUT2D eigenvalue weighted by molar-refractivity contribution is 5.97. The van der Waals surface area contributed by atoms with Gasteiger partial charge in [0.1, 0.15) is 11.6 Å². The Morgan fingerprint density at radius 1 is 1.38 bits per heavy atom. The van der Waals surface area contributed by atoms with Crippen LogP contribution in [0.25, 0.3) is 6.08 Å². The van der Waals surface area contributed by atoms with Gasteiger partial charge in [0.15, 0.2) is 11.5 Å². The molecular weight excluding hydrogens is 308 g/mol. The van der Waals surface area contributed by atoms with Gasteiger partial charge in [0.25, 0.3) is 0 Å². The first-order valence-corrected chi connectivity index (χ1v) is 7.54. The monoisotopic (exact) mass is 324 g/mol. The maximum absolute atomic E-state index is 11.7. The molecular formula is C18H16N2O4. The Hall–Kier alpha value is -3.20. The quantitative estimate of drug-likeness (QED) is 0.480. The highest BCUT2D eigenvalue weighted by Crippen LogP contribution is 2.32. The number of fused-ring (bicyclic) bond motifs is 1. The topological polar surface area (TPSA) is 73.5 Å². The number of hydrogen-bond acceptors (Lipinski definition) is 5. The van der Waals surface area contributed by atoms with E-state index in [0.717, 1.165) is 22.8 Å². The Labute approximate surface area is 139 Å². The number of rotatable bonds is 5. The van der Waals surface area contributed by atoms with Gasteiger partial charge in [-0.2, -0.15) is 5.26 Å². The molecule has 0 aliphatic carbocycles. The third-order valence-electron chi connectivity index (χ3n) is 3.56. The maximum atomic E-state index is 11.7. The van der Waals surface area contributed by atoms with E-state index in [-0.39, 0.29) is 19.0 Å². The Bertz CT molecular complexity index is 830. The van der Waals surface area contributed by atoms with Crippen LogP contribution < -0.4 is 9.47 Å². The van der Waals surface area contributed by atoms with E-state index < -0.39 is 5.97 Å². The van der Waals surface area contributed by atoms with Gasteiger partial charge in [0, 0.05) is 18.4 Å². The predicted octanol–water partition coefficient (Wildman–Crippen LogP) is 2.74. The van der Waals surface area contributed by atoms with Crippen molar-refractivity contribution in [3.63, 3.8) is 0 Å². The van der Waals surface area contributed by atoms with Crippen molar-refractivity contribution in [2.24, 2.45) is 0 Å². The average molecular weight is 324 g/mol. The number of nitrogens with zero attached hydrogens (tertiary/aromatic N) is 2. The summed E-state index contributed by atoms with van der Waals surface area (Å²) in [5.41, 5.74) is 1.75. The van der Waals surface area contributed by atoms with Gasteiger partial charge in [-0.15, -0.1) is 0 Å². The van der Waals surface area contributed by atoms with Crippen LogP contribution in [0.15, 0.2) is 42.1 Å². The van der Waals surface area contributed by atoms with Gasteiger partial charge in [-0.25, -0.2) is 4.79 Å². The lowest BCUT2D eigenvalue weighted by Crippen LogP contribution is -2.07. The fourth-order valence-corrected chi connectivity index (χ4v) is 2.43. The molecule has 1 aliphatic rings. The highest BCUT2D eigenvalue weighted by Gasteiger charge is 2.14. The zero-order chi connectivity index (χ0) is 16.9. The van der Waals surface area contributed by atoms with Crippen LogP contribution in [0.2, 0.25) is 0 Å². The summed E-state index contributed by atoms with van der Waals surface area (Å²) < 4.78 is 17.5. The standard InChI is InChI=1S/C18H16N2O4/c1-2-22-18(21)14(10-19)9-15-4-3-7-20(15)11-13-5-6-16-17(8-13)24-12-23-16/h3-9H,2,11-12H2,1H3/b14-9+. The zero-order valence-electron chi connectivity index (χ0n) is 13.2. The number of nitriles is 1. The van der Waals surface area contributed by atoms with Gasteiger partial charge in [-0.3, -0.25) is 0 Å². The molecule has 1 aromatic heterocycles.